The highest BCUT2D eigenvalue weighted by Gasteiger charge is 2.38. The van der Waals surface area contributed by atoms with Crippen molar-refractivity contribution in [2.45, 2.75) is 32.0 Å². The Balaban J connectivity index is 1.66. The van der Waals surface area contributed by atoms with Crippen LogP contribution in [0.1, 0.15) is 13.3 Å². The molecule has 1 aromatic carbocycles. The zero-order valence-corrected chi connectivity index (χ0v) is 12.1. The Bertz CT molecular complexity index is 657. The lowest BCUT2D eigenvalue weighted by Crippen LogP contribution is -2.43. The van der Waals surface area contributed by atoms with Crippen molar-refractivity contribution in [1.29, 1.82) is 0 Å². The highest BCUT2D eigenvalue weighted by molar-refractivity contribution is 6.01. The number of para-hydroxylation sites is 1. The van der Waals surface area contributed by atoms with Gasteiger partial charge in [-0.3, -0.25) is 9.59 Å². The van der Waals surface area contributed by atoms with Crippen molar-refractivity contribution in [2.24, 2.45) is 0 Å². The molecule has 0 radical (unpaired) electrons. The van der Waals surface area contributed by atoms with Crippen LogP contribution in [-0.2, 0) is 16.1 Å². The van der Waals surface area contributed by atoms with Crippen LogP contribution in [0.2, 0.25) is 0 Å². The first-order valence-electron chi connectivity index (χ1n) is 7.03. The van der Waals surface area contributed by atoms with E-state index < -0.39 is 6.04 Å². The lowest BCUT2D eigenvalue weighted by Gasteiger charge is -2.21. The first kappa shape index (κ1) is 14.2. The second-order valence-electron chi connectivity index (χ2n) is 5.26. The molecule has 2 atom stereocenters. The highest BCUT2D eigenvalue weighted by atomic mass is 16.2. The van der Waals surface area contributed by atoms with E-state index in [0.29, 0.717) is 6.42 Å². The Morgan fingerprint density at radius 2 is 2.14 bits per heavy atom. The molecule has 3 rings (SSSR count). The van der Waals surface area contributed by atoms with E-state index in [4.69, 9.17) is 0 Å². The summed E-state index contributed by atoms with van der Waals surface area (Å²) < 4.78 is 1.31. The number of rotatable bonds is 4. The summed E-state index contributed by atoms with van der Waals surface area (Å²) in [4.78, 5) is 26.2. The van der Waals surface area contributed by atoms with Crippen molar-refractivity contribution in [1.82, 2.24) is 25.5 Å². The molecule has 1 saturated heterocycles. The second-order valence-corrected chi connectivity index (χ2v) is 5.26. The van der Waals surface area contributed by atoms with Crippen molar-refractivity contribution >= 4 is 17.5 Å². The summed E-state index contributed by atoms with van der Waals surface area (Å²) in [6.07, 6.45) is 1.93. The minimum atomic E-state index is -0.515. The maximum Gasteiger partial charge on any atom is 0.249 e. The fourth-order valence-corrected chi connectivity index (χ4v) is 2.66. The molecule has 1 N–H and O–H groups in total. The van der Waals surface area contributed by atoms with Crippen molar-refractivity contribution in [3.63, 3.8) is 0 Å². The Labute approximate surface area is 127 Å². The number of nitrogens with one attached hydrogen (secondary N) is 1. The number of benzene rings is 1. The lowest BCUT2D eigenvalue weighted by atomic mass is 10.2. The van der Waals surface area contributed by atoms with Crippen LogP contribution in [0.25, 0.3) is 0 Å². The number of hydrogen-bond donors (Lipinski definition) is 1. The van der Waals surface area contributed by atoms with Gasteiger partial charge in [0.2, 0.25) is 11.8 Å². The quantitative estimate of drug-likeness (QED) is 0.857. The van der Waals surface area contributed by atoms with Crippen LogP contribution < -0.4 is 10.2 Å². The standard InChI is InChI=1S/C14H16N6O2/c1-10-7-12(16-13(21)8-19-9-15-17-18-19)14(22)20(10)11-5-3-2-4-6-11/h2-6,9-10,12H,7-8H2,1H3,(H,16,21)/t10-,12-/m0/s1. The van der Waals surface area contributed by atoms with Gasteiger partial charge in [-0.1, -0.05) is 18.2 Å². The molecule has 22 heavy (non-hydrogen) atoms. The summed E-state index contributed by atoms with van der Waals surface area (Å²) in [6, 6.07) is 8.98. The Morgan fingerprint density at radius 1 is 1.36 bits per heavy atom. The smallest absolute Gasteiger partial charge is 0.249 e. The molecule has 2 heterocycles. The van der Waals surface area contributed by atoms with Crippen LogP contribution in [0, 0.1) is 0 Å². The largest absolute Gasteiger partial charge is 0.343 e. The molecule has 0 unspecified atom stereocenters. The van der Waals surface area contributed by atoms with Crippen LogP contribution in [0.3, 0.4) is 0 Å². The molecule has 8 nitrogen and oxygen atoms in total. The summed E-state index contributed by atoms with van der Waals surface area (Å²) in [5.41, 5.74) is 0.845. The zero-order chi connectivity index (χ0) is 15.5. The Morgan fingerprint density at radius 3 is 2.82 bits per heavy atom. The van der Waals surface area contributed by atoms with Gasteiger partial charge in [-0.2, -0.15) is 0 Å². The predicted molar refractivity (Wildman–Crippen MR) is 77.8 cm³/mol. The molecular formula is C14H16N6O2. The summed E-state index contributed by atoms with van der Waals surface area (Å²) in [5, 5.41) is 13.3. The molecule has 1 aliphatic rings. The fourth-order valence-electron chi connectivity index (χ4n) is 2.66. The van der Waals surface area contributed by atoms with Gasteiger partial charge in [0.1, 0.15) is 18.9 Å². The summed E-state index contributed by atoms with van der Waals surface area (Å²) >= 11 is 0. The average molecular weight is 300 g/mol. The number of tetrazole rings is 1. The van der Waals surface area contributed by atoms with Crippen LogP contribution >= 0.6 is 0 Å². The second kappa shape index (κ2) is 5.92. The third-order valence-corrected chi connectivity index (χ3v) is 3.62. The van der Waals surface area contributed by atoms with E-state index in [1.807, 2.05) is 37.3 Å². The molecule has 0 saturated carbocycles. The van der Waals surface area contributed by atoms with E-state index in [1.54, 1.807) is 4.90 Å². The SMILES string of the molecule is C[C@H]1C[C@H](NC(=O)Cn2cnnn2)C(=O)N1c1ccccc1. The van der Waals surface area contributed by atoms with Gasteiger partial charge in [0.15, 0.2) is 0 Å². The molecule has 1 aliphatic heterocycles. The summed E-state index contributed by atoms with van der Waals surface area (Å²) in [6.45, 7) is 1.97. The molecule has 114 valence electrons. The average Bonchev–Trinajstić information content (AvgIpc) is 3.09. The van der Waals surface area contributed by atoms with E-state index in [2.05, 4.69) is 20.8 Å². The van der Waals surface area contributed by atoms with E-state index in [0.717, 1.165) is 5.69 Å². The molecular weight excluding hydrogens is 284 g/mol. The zero-order valence-electron chi connectivity index (χ0n) is 12.1. The Kier molecular flexibility index (Phi) is 3.82. The van der Waals surface area contributed by atoms with Crippen LogP contribution in [0.5, 0.6) is 0 Å². The summed E-state index contributed by atoms with van der Waals surface area (Å²) in [7, 11) is 0. The molecule has 2 aromatic rings. The number of carbonyl (C=O) groups excluding carboxylic acids is 2. The highest BCUT2D eigenvalue weighted by Crippen LogP contribution is 2.26. The number of anilines is 1. The molecule has 1 fully saturated rings. The number of carbonyl (C=O) groups is 2. The van der Waals surface area contributed by atoms with Gasteiger partial charge >= 0.3 is 0 Å². The third-order valence-electron chi connectivity index (χ3n) is 3.62. The third kappa shape index (κ3) is 2.80. The predicted octanol–water partition coefficient (Wildman–Crippen LogP) is -0.0167. The van der Waals surface area contributed by atoms with Crippen molar-refractivity contribution in [3.05, 3.63) is 36.7 Å². The lowest BCUT2D eigenvalue weighted by molar-refractivity contribution is -0.127. The van der Waals surface area contributed by atoms with E-state index in [9.17, 15) is 9.59 Å². The molecule has 0 spiro atoms. The topological polar surface area (TPSA) is 93.0 Å². The van der Waals surface area contributed by atoms with Gasteiger partial charge in [-0.25, -0.2) is 4.68 Å². The molecule has 1 aromatic heterocycles. The maximum atomic E-state index is 12.5. The summed E-state index contributed by atoms with van der Waals surface area (Å²) in [5.74, 6) is -0.378. The molecule has 0 bridgehead atoms. The molecule has 2 amide bonds. The van der Waals surface area contributed by atoms with Gasteiger partial charge in [-0.05, 0) is 35.9 Å². The van der Waals surface area contributed by atoms with Crippen molar-refractivity contribution < 1.29 is 9.59 Å². The van der Waals surface area contributed by atoms with Gasteiger partial charge in [0.25, 0.3) is 0 Å². The minimum Gasteiger partial charge on any atom is -0.343 e. The number of nitrogens with zero attached hydrogens (tertiary/aromatic N) is 5. The number of hydrogen-bond acceptors (Lipinski definition) is 5. The van der Waals surface area contributed by atoms with Crippen molar-refractivity contribution in [3.8, 4) is 0 Å². The first-order valence-corrected chi connectivity index (χ1v) is 7.03. The fraction of sp³-hybridized carbons (Fsp3) is 0.357. The van der Waals surface area contributed by atoms with Gasteiger partial charge in [0, 0.05) is 11.7 Å². The van der Waals surface area contributed by atoms with Crippen LogP contribution in [-0.4, -0.2) is 44.1 Å². The van der Waals surface area contributed by atoms with E-state index in [1.165, 1.54) is 11.0 Å². The van der Waals surface area contributed by atoms with Crippen LogP contribution in [0.15, 0.2) is 36.7 Å². The number of amides is 2. The van der Waals surface area contributed by atoms with E-state index >= 15 is 0 Å². The first-order chi connectivity index (χ1) is 10.6. The minimum absolute atomic E-state index is 0.00347. The van der Waals surface area contributed by atoms with Gasteiger partial charge in [-0.15, -0.1) is 5.10 Å². The maximum absolute atomic E-state index is 12.5. The Hall–Kier alpha value is -2.77. The number of aromatic nitrogens is 4. The molecule has 8 heteroatoms. The monoisotopic (exact) mass is 300 g/mol. The van der Waals surface area contributed by atoms with Crippen LogP contribution in [0.4, 0.5) is 5.69 Å². The van der Waals surface area contributed by atoms with E-state index in [-0.39, 0.29) is 24.4 Å². The normalized spacial score (nSPS) is 21.1. The van der Waals surface area contributed by atoms with Gasteiger partial charge in [0.05, 0.1) is 0 Å². The molecule has 0 aliphatic carbocycles. The van der Waals surface area contributed by atoms with Gasteiger partial charge < -0.3 is 10.2 Å². The van der Waals surface area contributed by atoms with Crippen molar-refractivity contribution in [2.75, 3.05) is 4.90 Å².